The highest BCUT2D eigenvalue weighted by Crippen LogP contribution is 2.31. The van der Waals surface area contributed by atoms with Crippen LogP contribution in [0.3, 0.4) is 0 Å². The maximum atomic E-state index is 12.8. The number of aromatic nitrogens is 3. The van der Waals surface area contributed by atoms with E-state index in [0.717, 1.165) is 35.1 Å². The van der Waals surface area contributed by atoms with E-state index in [9.17, 15) is 14.7 Å². The predicted molar refractivity (Wildman–Crippen MR) is 142 cm³/mol. The van der Waals surface area contributed by atoms with Crippen LogP contribution in [0.2, 0.25) is 5.02 Å². The second kappa shape index (κ2) is 10.4. The number of rotatable bonds is 8. The number of β-amino-alcohol motifs (C(OH)–C–C–N with tert-alkyl or cyclic N) is 1. The first-order chi connectivity index (χ1) is 17.4. The molecule has 0 unspecified atom stereocenters. The molecule has 3 N–H and O–H groups in total. The van der Waals surface area contributed by atoms with E-state index in [2.05, 4.69) is 27.1 Å². The first kappa shape index (κ1) is 24.5. The second-order valence-corrected chi connectivity index (χ2v) is 10.3. The van der Waals surface area contributed by atoms with Gasteiger partial charge in [0.2, 0.25) is 11.9 Å². The number of carbonyl (C=O) groups excluding carboxylic acids is 2. The Morgan fingerprint density at radius 1 is 1.19 bits per heavy atom. The quantitative estimate of drug-likeness (QED) is 0.318. The number of nitrogens with one attached hydrogen (secondary N) is 2. The van der Waals surface area contributed by atoms with E-state index < -0.39 is 6.10 Å². The molecule has 2 aromatic heterocycles. The van der Waals surface area contributed by atoms with E-state index in [-0.39, 0.29) is 18.4 Å². The number of imidazole rings is 1. The number of aliphatic hydroxyl groups excluding tert-OH is 1. The summed E-state index contributed by atoms with van der Waals surface area (Å²) >= 11 is 7.62. The van der Waals surface area contributed by atoms with Crippen LogP contribution in [0.15, 0.2) is 36.4 Å². The van der Waals surface area contributed by atoms with Crippen molar-refractivity contribution in [3.8, 4) is 0 Å². The molecule has 9 nitrogen and oxygen atoms in total. The van der Waals surface area contributed by atoms with Gasteiger partial charge in [0.15, 0.2) is 5.13 Å². The number of benzene rings is 2. The maximum Gasteiger partial charge on any atom is 0.251 e. The van der Waals surface area contributed by atoms with E-state index in [0.29, 0.717) is 46.7 Å². The Balaban J connectivity index is 1.36. The zero-order valence-electron chi connectivity index (χ0n) is 19.8. The summed E-state index contributed by atoms with van der Waals surface area (Å²) < 4.78 is 3.08. The van der Waals surface area contributed by atoms with E-state index in [4.69, 9.17) is 16.6 Å². The molecule has 0 bridgehead atoms. The average molecular weight is 527 g/mol. The van der Waals surface area contributed by atoms with Crippen LogP contribution in [0.5, 0.6) is 0 Å². The molecular weight excluding hydrogens is 500 g/mol. The van der Waals surface area contributed by atoms with Crippen molar-refractivity contribution < 1.29 is 14.7 Å². The number of aryl methyl sites for hydroxylation is 1. The second-order valence-electron chi connectivity index (χ2n) is 8.87. The Bertz CT molecular complexity index is 1430. The Labute approximate surface area is 217 Å². The van der Waals surface area contributed by atoms with Crippen molar-refractivity contribution in [2.45, 2.75) is 38.8 Å². The number of anilines is 2. The van der Waals surface area contributed by atoms with Gasteiger partial charge in [0.05, 0.1) is 33.9 Å². The molecule has 0 aliphatic carbocycles. The molecule has 0 radical (unpaired) electrons. The molecule has 4 aromatic rings. The number of likely N-dealkylation sites (tertiary alicyclic amines) is 1. The number of unbranched alkanes of at least 4 members (excludes halogenated alkanes) is 1. The highest BCUT2D eigenvalue weighted by molar-refractivity contribution is 7.22. The Kier molecular flexibility index (Phi) is 7.08. The number of fused-ring (bicyclic) bond motifs is 2. The summed E-state index contributed by atoms with van der Waals surface area (Å²) in [7, 11) is 0. The molecule has 0 saturated carbocycles. The minimum Gasteiger partial charge on any atom is -0.391 e. The van der Waals surface area contributed by atoms with Crippen LogP contribution in [0.4, 0.5) is 11.1 Å². The van der Waals surface area contributed by atoms with Crippen molar-refractivity contribution in [2.75, 3.05) is 25.0 Å². The smallest absolute Gasteiger partial charge is 0.251 e. The summed E-state index contributed by atoms with van der Waals surface area (Å²) in [5.74, 6) is 0.114. The van der Waals surface area contributed by atoms with Crippen LogP contribution in [0, 0.1) is 0 Å². The summed E-state index contributed by atoms with van der Waals surface area (Å²) in [6, 6.07) is 11.0. The lowest BCUT2D eigenvalue weighted by Gasteiger charge is -2.15. The van der Waals surface area contributed by atoms with Gasteiger partial charge in [0.1, 0.15) is 0 Å². The van der Waals surface area contributed by atoms with Crippen LogP contribution < -0.4 is 10.6 Å². The number of aliphatic hydroxyl groups is 1. The van der Waals surface area contributed by atoms with Crippen LogP contribution in [-0.4, -0.2) is 62.1 Å². The Hall–Kier alpha value is -3.21. The van der Waals surface area contributed by atoms with Crippen LogP contribution in [0.25, 0.3) is 21.3 Å². The molecule has 1 aliphatic rings. The number of nitrogens with zero attached hydrogens (tertiary/aromatic N) is 4. The Morgan fingerprint density at radius 3 is 2.83 bits per heavy atom. The van der Waals surface area contributed by atoms with Crippen molar-refractivity contribution in [2.24, 2.45) is 0 Å². The lowest BCUT2D eigenvalue weighted by molar-refractivity contribution is -0.129. The zero-order chi connectivity index (χ0) is 25.2. The van der Waals surface area contributed by atoms with Gasteiger partial charge in [0.25, 0.3) is 5.91 Å². The lowest BCUT2D eigenvalue weighted by Crippen LogP contribution is -2.39. The summed E-state index contributed by atoms with van der Waals surface area (Å²) in [6.07, 6.45) is 2.09. The third kappa shape index (κ3) is 5.16. The van der Waals surface area contributed by atoms with Crippen molar-refractivity contribution in [3.05, 3.63) is 47.0 Å². The predicted octanol–water partition coefficient (Wildman–Crippen LogP) is 4.17. The normalized spacial score (nSPS) is 15.6. The standard InChI is InChI=1S/C25H27ClN6O3S/c1-2-3-9-32-20-7-4-15(23(35)27-13-22(34)31-10-8-17(33)14-31)11-19(20)28-24(32)30-25-29-18-6-5-16(26)12-21(18)36-25/h4-7,11-12,17,33H,2-3,8-10,13-14H2,1H3,(H,27,35)(H,28,29,30)/t17-/m1/s1. The van der Waals surface area contributed by atoms with Crippen molar-refractivity contribution in [1.29, 1.82) is 0 Å². The van der Waals surface area contributed by atoms with E-state index in [1.165, 1.54) is 11.3 Å². The summed E-state index contributed by atoms with van der Waals surface area (Å²) in [6.45, 7) is 3.62. The number of thiazole rings is 1. The van der Waals surface area contributed by atoms with Crippen molar-refractivity contribution in [1.82, 2.24) is 24.8 Å². The molecule has 0 spiro atoms. The third-order valence-electron chi connectivity index (χ3n) is 6.23. The van der Waals surface area contributed by atoms with Gasteiger partial charge in [0, 0.05) is 30.2 Å². The largest absolute Gasteiger partial charge is 0.391 e. The van der Waals surface area contributed by atoms with Gasteiger partial charge < -0.3 is 25.2 Å². The molecule has 188 valence electrons. The molecule has 11 heteroatoms. The van der Waals surface area contributed by atoms with Gasteiger partial charge in [-0.3, -0.25) is 9.59 Å². The van der Waals surface area contributed by atoms with Gasteiger partial charge in [-0.05, 0) is 49.2 Å². The van der Waals surface area contributed by atoms with E-state index >= 15 is 0 Å². The van der Waals surface area contributed by atoms with Crippen molar-refractivity contribution in [3.63, 3.8) is 0 Å². The summed E-state index contributed by atoms with van der Waals surface area (Å²) in [5, 5.41) is 17.0. The number of hydrogen-bond acceptors (Lipinski definition) is 7. The van der Waals surface area contributed by atoms with Crippen molar-refractivity contribution >= 4 is 67.1 Å². The molecule has 3 heterocycles. The number of halogens is 1. The Morgan fingerprint density at radius 2 is 2.06 bits per heavy atom. The fraction of sp³-hybridized carbons (Fsp3) is 0.360. The molecule has 1 atom stereocenters. The first-order valence-electron chi connectivity index (χ1n) is 12.0. The van der Waals surface area contributed by atoms with Crippen LogP contribution >= 0.6 is 22.9 Å². The maximum absolute atomic E-state index is 12.8. The molecule has 2 amide bonds. The van der Waals surface area contributed by atoms with E-state index in [1.54, 1.807) is 17.0 Å². The van der Waals surface area contributed by atoms with Gasteiger partial charge >= 0.3 is 0 Å². The third-order valence-corrected chi connectivity index (χ3v) is 7.40. The van der Waals surface area contributed by atoms with Gasteiger partial charge in [-0.1, -0.05) is 36.3 Å². The fourth-order valence-electron chi connectivity index (χ4n) is 4.29. The summed E-state index contributed by atoms with van der Waals surface area (Å²) in [4.78, 5) is 36.0. The number of amides is 2. The average Bonchev–Trinajstić information content (AvgIpc) is 3.56. The SMILES string of the molecule is CCCCn1c(Nc2nc3ccc(Cl)cc3s2)nc2cc(C(=O)NCC(=O)N3CC[C@@H](O)C3)ccc21. The fourth-order valence-corrected chi connectivity index (χ4v) is 5.43. The highest BCUT2D eigenvalue weighted by atomic mass is 35.5. The number of hydrogen-bond donors (Lipinski definition) is 3. The van der Waals surface area contributed by atoms with Gasteiger partial charge in [-0.25, -0.2) is 9.97 Å². The molecule has 36 heavy (non-hydrogen) atoms. The molecular formula is C25H27ClN6O3S. The lowest BCUT2D eigenvalue weighted by atomic mass is 10.2. The van der Waals surface area contributed by atoms with Gasteiger partial charge in [-0.2, -0.15) is 0 Å². The van der Waals surface area contributed by atoms with Gasteiger partial charge in [-0.15, -0.1) is 0 Å². The zero-order valence-corrected chi connectivity index (χ0v) is 21.4. The summed E-state index contributed by atoms with van der Waals surface area (Å²) in [5.41, 5.74) is 2.88. The van der Waals surface area contributed by atoms with Crippen LogP contribution in [0.1, 0.15) is 36.5 Å². The topological polar surface area (TPSA) is 112 Å². The molecule has 5 rings (SSSR count). The highest BCUT2D eigenvalue weighted by Gasteiger charge is 2.24. The monoisotopic (exact) mass is 526 g/mol. The van der Waals surface area contributed by atoms with E-state index in [1.807, 2.05) is 24.3 Å². The molecule has 2 aromatic carbocycles. The number of carbonyl (C=O) groups is 2. The first-order valence-corrected chi connectivity index (χ1v) is 13.2. The molecule has 1 fully saturated rings. The molecule has 1 aliphatic heterocycles. The minimum atomic E-state index is -0.488. The molecule has 1 saturated heterocycles. The van der Waals surface area contributed by atoms with Crippen LogP contribution in [-0.2, 0) is 11.3 Å². The minimum absolute atomic E-state index is 0.108.